The minimum Gasteiger partial charge on any atom is -0.389 e. The van der Waals surface area contributed by atoms with Crippen LogP contribution in [-0.4, -0.2) is 31.9 Å². The number of hydrogen-bond donors (Lipinski definition) is 1. The molecule has 0 aliphatic heterocycles. The highest BCUT2D eigenvalue weighted by atomic mass is 19.1. The van der Waals surface area contributed by atoms with Crippen LogP contribution in [0.1, 0.15) is 32.4 Å². The Kier molecular flexibility index (Phi) is 6.25. The van der Waals surface area contributed by atoms with Gasteiger partial charge in [0.1, 0.15) is 5.82 Å². The van der Waals surface area contributed by atoms with Crippen LogP contribution in [0.3, 0.4) is 0 Å². The van der Waals surface area contributed by atoms with Crippen LogP contribution in [-0.2, 0) is 4.74 Å². The lowest BCUT2D eigenvalue weighted by molar-refractivity contribution is 0.198. The van der Waals surface area contributed by atoms with Crippen LogP contribution in [0.5, 0.6) is 0 Å². The van der Waals surface area contributed by atoms with E-state index >= 15 is 0 Å². The number of benzene rings is 1. The van der Waals surface area contributed by atoms with Crippen molar-refractivity contribution >= 4 is 5.69 Å². The van der Waals surface area contributed by atoms with Gasteiger partial charge in [-0.15, -0.1) is 0 Å². The Morgan fingerprint density at radius 3 is 2.47 bits per heavy atom. The number of anilines is 1. The summed E-state index contributed by atoms with van der Waals surface area (Å²) < 4.78 is 19.2. The van der Waals surface area contributed by atoms with Crippen LogP contribution in [0, 0.1) is 11.7 Å². The van der Waals surface area contributed by atoms with Gasteiger partial charge in [-0.3, -0.25) is 0 Å². The van der Waals surface area contributed by atoms with E-state index in [-0.39, 0.29) is 5.82 Å². The number of rotatable bonds is 7. The molecule has 0 saturated heterocycles. The third-order valence-corrected chi connectivity index (χ3v) is 2.95. The van der Waals surface area contributed by atoms with Gasteiger partial charge < -0.3 is 14.7 Å². The van der Waals surface area contributed by atoms with Crippen molar-refractivity contribution < 1.29 is 14.2 Å². The molecule has 1 rings (SSSR count). The Hall–Kier alpha value is -1.13. The van der Waals surface area contributed by atoms with Crippen molar-refractivity contribution in [2.45, 2.75) is 26.9 Å². The second kappa shape index (κ2) is 7.46. The van der Waals surface area contributed by atoms with Gasteiger partial charge in [0.25, 0.3) is 0 Å². The summed E-state index contributed by atoms with van der Waals surface area (Å²) >= 11 is 0. The Morgan fingerprint density at radius 2 is 2.00 bits per heavy atom. The summed E-state index contributed by atoms with van der Waals surface area (Å²) in [5.41, 5.74) is 1.16. The molecule has 0 amide bonds. The lowest BCUT2D eigenvalue weighted by Crippen LogP contribution is -2.31. The van der Waals surface area contributed by atoms with E-state index in [1.807, 2.05) is 4.90 Å². The normalized spacial score (nSPS) is 12.8. The van der Waals surface area contributed by atoms with Crippen molar-refractivity contribution in [1.29, 1.82) is 0 Å². The summed E-state index contributed by atoms with van der Waals surface area (Å²) in [5, 5.41) is 9.46. The maximum Gasteiger partial charge on any atom is 0.146 e. The molecule has 0 unspecified atom stereocenters. The van der Waals surface area contributed by atoms with Gasteiger partial charge in [0.15, 0.2) is 0 Å². The van der Waals surface area contributed by atoms with Crippen molar-refractivity contribution in [3.63, 3.8) is 0 Å². The quantitative estimate of drug-likeness (QED) is 0.826. The Bertz CT molecular complexity index is 394. The molecule has 0 fully saturated rings. The summed E-state index contributed by atoms with van der Waals surface area (Å²) in [6.07, 6.45) is -0.652. The summed E-state index contributed by atoms with van der Waals surface area (Å²) in [4.78, 5) is 1.98. The molecule has 108 valence electrons. The Morgan fingerprint density at radius 1 is 1.32 bits per heavy atom. The predicted molar refractivity (Wildman–Crippen MR) is 76.0 cm³/mol. The van der Waals surface area contributed by atoms with Gasteiger partial charge in [-0.2, -0.15) is 0 Å². The average Bonchev–Trinajstić information content (AvgIpc) is 2.34. The molecule has 3 nitrogen and oxygen atoms in total. The number of aliphatic hydroxyl groups is 1. The first kappa shape index (κ1) is 15.9. The highest BCUT2D eigenvalue weighted by Gasteiger charge is 2.14. The fourth-order valence-corrected chi connectivity index (χ4v) is 1.99. The second-order valence-corrected chi connectivity index (χ2v) is 5.22. The van der Waals surface area contributed by atoms with E-state index in [4.69, 9.17) is 4.74 Å². The van der Waals surface area contributed by atoms with Gasteiger partial charge in [0, 0.05) is 20.2 Å². The van der Waals surface area contributed by atoms with Crippen molar-refractivity contribution in [3.8, 4) is 0 Å². The van der Waals surface area contributed by atoms with Gasteiger partial charge in [0.05, 0.1) is 18.4 Å². The fraction of sp³-hybridized carbons (Fsp3) is 0.600. The summed E-state index contributed by atoms with van der Waals surface area (Å²) in [5.74, 6) is 0.142. The third kappa shape index (κ3) is 4.80. The maximum atomic E-state index is 14.1. The van der Waals surface area contributed by atoms with Crippen LogP contribution in [0.4, 0.5) is 10.1 Å². The molecule has 19 heavy (non-hydrogen) atoms. The number of hydrogen-bond acceptors (Lipinski definition) is 3. The van der Waals surface area contributed by atoms with Gasteiger partial charge in [-0.05, 0) is 30.5 Å². The van der Waals surface area contributed by atoms with Crippen molar-refractivity contribution in [2.75, 3.05) is 31.7 Å². The van der Waals surface area contributed by atoms with Crippen LogP contribution in [0.2, 0.25) is 0 Å². The van der Waals surface area contributed by atoms with Gasteiger partial charge >= 0.3 is 0 Å². The fourth-order valence-electron chi connectivity index (χ4n) is 1.99. The molecule has 0 aromatic heterocycles. The zero-order chi connectivity index (χ0) is 14.4. The minimum atomic E-state index is -0.652. The van der Waals surface area contributed by atoms with Crippen LogP contribution >= 0.6 is 0 Å². The molecular formula is C15H24FNO2. The summed E-state index contributed by atoms with van der Waals surface area (Å²) in [6, 6.07) is 4.90. The van der Waals surface area contributed by atoms with E-state index in [2.05, 4.69) is 13.8 Å². The van der Waals surface area contributed by atoms with Gasteiger partial charge in [-0.25, -0.2) is 4.39 Å². The minimum absolute atomic E-state index is 0.296. The van der Waals surface area contributed by atoms with Gasteiger partial charge in [0.2, 0.25) is 0 Å². The Balaban J connectivity index is 2.94. The topological polar surface area (TPSA) is 32.7 Å². The van der Waals surface area contributed by atoms with Crippen molar-refractivity contribution in [1.82, 2.24) is 0 Å². The zero-order valence-electron chi connectivity index (χ0n) is 12.2. The van der Waals surface area contributed by atoms with E-state index in [1.54, 1.807) is 26.2 Å². The molecule has 1 aromatic carbocycles. The first-order valence-electron chi connectivity index (χ1n) is 6.67. The van der Waals surface area contributed by atoms with Crippen molar-refractivity contribution in [3.05, 3.63) is 29.6 Å². The van der Waals surface area contributed by atoms with E-state index in [0.717, 1.165) is 6.54 Å². The third-order valence-electron chi connectivity index (χ3n) is 2.95. The van der Waals surface area contributed by atoms with E-state index in [9.17, 15) is 9.50 Å². The molecule has 0 aliphatic carbocycles. The number of aliphatic hydroxyl groups excluding tert-OH is 1. The molecule has 0 spiro atoms. The SMILES string of the molecule is COCCN(CC(C)C)c1ccc([C@@H](C)O)cc1F. The van der Waals surface area contributed by atoms with Crippen LogP contribution in [0.15, 0.2) is 18.2 Å². The largest absolute Gasteiger partial charge is 0.389 e. The number of methoxy groups -OCH3 is 1. The number of nitrogens with zero attached hydrogens (tertiary/aromatic N) is 1. The first-order valence-corrected chi connectivity index (χ1v) is 6.67. The lowest BCUT2D eigenvalue weighted by atomic mass is 10.1. The predicted octanol–water partition coefficient (Wildman–Crippen LogP) is 2.99. The smallest absolute Gasteiger partial charge is 0.146 e. The highest BCUT2D eigenvalue weighted by Crippen LogP contribution is 2.24. The molecular weight excluding hydrogens is 245 g/mol. The lowest BCUT2D eigenvalue weighted by Gasteiger charge is -2.27. The number of halogens is 1. The molecule has 0 bridgehead atoms. The molecule has 4 heteroatoms. The zero-order valence-corrected chi connectivity index (χ0v) is 12.2. The van der Waals surface area contributed by atoms with E-state index in [0.29, 0.717) is 30.3 Å². The summed E-state index contributed by atoms with van der Waals surface area (Å²) in [6.45, 7) is 7.81. The molecule has 0 radical (unpaired) electrons. The second-order valence-electron chi connectivity index (χ2n) is 5.22. The molecule has 0 heterocycles. The first-order chi connectivity index (χ1) is 8.95. The van der Waals surface area contributed by atoms with Crippen LogP contribution in [0.25, 0.3) is 0 Å². The van der Waals surface area contributed by atoms with Crippen molar-refractivity contribution in [2.24, 2.45) is 5.92 Å². The number of ether oxygens (including phenoxy) is 1. The maximum absolute atomic E-state index is 14.1. The molecule has 1 N–H and O–H groups in total. The highest BCUT2D eigenvalue weighted by molar-refractivity contribution is 5.49. The van der Waals surface area contributed by atoms with Crippen LogP contribution < -0.4 is 4.90 Å². The van der Waals surface area contributed by atoms with E-state index in [1.165, 1.54) is 6.07 Å². The molecule has 1 atom stereocenters. The van der Waals surface area contributed by atoms with Gasteiger partial charge in [-0.1, -0.05) is 19.9 Å². The molecule has 0 aliphatic rings. The molecule has 0 saturated carbocycles. The standard InChI is InChI=1S/C15H24FNO2/c1-11(2)10-17(7-8-19-4)15-6-5-13(12(3)18)9-14(15)16/h5-6,9,11-12,18H,7-8,10H2,1-4H3/t12-/m1/s1. The Labute approximate surface area is 115 Å². The monoisotopic (exact) mass is 269 g/mol. The van der Waals surface area contributed by atoms with E-state index < -0.39 is 6.10 Å². The molecule has 1 aromatic rings. The average molecular weight is 269 g/mol. The summed E-state index contributed by atoms with van der Waals surface area (Å²) in [7, 11) is 1.64.